The number of carboxylic acids is 1. The van der Waals surface area contributed by atoms with Crippen molar-refractivity contribution < 1.29 is 28.2 Å². The van der Waals surface area contributed by atoms with Crippen LogP contribution in [-0.4, -0.2) is 42.2 Å². The smallest absolute Gasteiger partial charge is 0.337 e. The van der Waals surface area contributed by atoms with Gasteiger partial charge in [-0.2, -0.15) is 0 Å². The Kier molecular flexibility index (Phi) is 3.71. The summed E-state index contributed by atoms with van der Waals surface area (Å²) in [5.41, 5.74) is 0.131. The maximum Gasteiger partial charge on any atom is 0.337 e. The number of benzene rings is 1. The fourth-order valence-electron chi connectivity index (χ4n) is 1.69. The lowest BCUT2D eigenvalue weighted by atomic mass is 10.1. The second-order valence-electron chi connectivity index (χ2n) is 4.25. The summed E-state index contributed by atoms with van der Waals surface area (Å²) in [4.78, 5) is 10.6. The maximum atomic E-state index is 11.0. The number of halogens is 1. The Bertz CT molecular complexity index is 600. The molecule has 2 N–H and O–H groups in total. The predicted octanol–water partition coefficient (Wildman–Crippen LogP) is 0.634. The minimum Gasteiger partial charge on any atom is -0.487 e. The Morgan fingerprint density at radius 3 is 2.53 bits per heavy atom. The minimum atomic E-state index is -2.98. The molecule has 104 valence electrons. The third-order valence-electron chi connectivity index (χ3n) is 2.68. The second kappa shape index (κ2) is 4.99. The van der Waals surface area contributed by atoms with Crippen LogP contribution in [0.4, 0.5) is 0 Å². The number of carbonyl (C=O) groups is 1. The molecule has 0 aromatic heterocycles. The first-order valence-corrected chi connectivity index (χ1v) is 7.56. The van der Waals surface area contributed by atoms with Crippen molar-refractivity contribution in [3.63, 3.8) is 0 Å². The van der Waals surface area contributed by atoms with E-state index in [1.807, 2.05) is 0 Å². The third kappa shape index (κ3) is 3.17. The van der Waals surface area contributed by atoms with E-state index in [2.05, 4.69) is 0 Å². The van der Waals surface area contributed by atoms with Gasteiger partial charge in [-0.05, 0) is 17.7 Å². The number of aliphatic hydroxyl groups excluding tert-OH is 1. The molecule has 0 spiro atoms. The van der Waals surface area contributed by atoms with Gasteiger partial charge in [-0.15, -0.1) is 0 Å². The van der Waals surface area contributed by atoms with Crippen LogP contribution in [0.15, 0.2) is 18.2 Å². The van der Waals surface area contributed by atoms with E-state index in [0.29, 0.717) is 0 Å². The molecule has 1 saturated heterocycles. The van der Waals surface area contributed by atoms with E-state index >= 15 is 0 Å². The minimum absolute atomic E-state index is 0.0527. The van der Waals surface area contributed by atoms with Crippen molar-refractivity contribution in [2.45, 2.75) is 12.2 Å². The first-order valence-electron chi connectivity index (χ1n) is 5.36. The van der Waals surface area contributed by atoms with E-state index in [9.17, 15) is 18.3 Å². The zero-order valence-corrected chi connectivity index (χ0v) is 11.2. The van der Waals surface area contributed by atoms with Gasteiger partial charge in [0, 0.05) is 0 Å². The summed E-state index contributed by atoms with van der Waals surface area (Å²) < 4.78 is 27.3. The molecular weight excluding hydrogens is 296 g/mol. The standard InChI is InChI=1S/C11H11ClO6S/c12-8-3-6(10(13)11(14)15)1-2-9(8)18-7-4-19(16,17)5-7/h1-3,7,10,13H,4-5H2,(H,14,15). The molecule has 1 aromatic carbocycles. The lowest BCUT2D eigenvalue weighted by Crippen LogP contribution is -2.45. The Morgan fingerprint density at radius 2 is 2.05 bits per heavy atom. The van der Waals surface area contributed by atoms with Crippen LogP contribution in [0.1, 0.15) is 11.7 Å². The summed E-state index contributed by atoms with van der Waals surface area (Å²) in [7, 11) is -2.98. The summed E-state index contributed by atoms with van der Waals surface area (Å²) in [6.07, 6.45) is -2.09. The Morgan fingerprint density at radius 1 is 1.42 bits per heavy atom. The highest BCUT2D eigenvalue weighted by molar-refractivity contribution is 7.92. The largest absolute Gasteiger partial charge is 0.487 e. The van der Waals surface area contributed by atoms with Crippen molar-refractivity contribution in [1.82, 2.24) is 0 Å². The van der Waals surface area contributed by atoms with Crippen LogP contribution >= 0.6 is 11.6 Å². The van der Waals surface area contributed by atoms with Gasteiger partial charge in [0.25, 0.3) is 0 Å². The average molecular weight is 307 g/mol. The van der Waals surface area contributed by atoms with E-state index in [1.165, 1.54) is 18.2 Å². The zero-order valence-electron chi connectivity index (χ0n) is 9.61. The Balaban J connectivity index is 2.10. The Labute approximate surface area is 114 Å². The molecule has 1 atom stereocenters. The van der Waals surface area contributed by atoms with E-state index in [0.717, 1.165) is 0 Å². The van der Waals surface area contributed by atoms with Crippen molar-refractivity contribution in [2.75, 3.05) is 11.5 Å². The lowest BCUT2D eigenvalue weighted by molar-refractivity contribution is -0.146. The highest BCUT2D eigenvalue weighted by atomic mass is 35.5. The number of aliphatic carboxylic acids is 1. The first-order chi connectivity index (χ1) is 8.78. The fourth-order valence-corrected chi connectivity index (χ4v) is 3.10. The molecule has 0 bridgehead atoms. The summed E-state index contributed by atoms with van der Waals surface area (Å²) in [5, 5.41) is 18.1. The maximum absolute atomic E-state index is 11.0. The molecule has 19 heavy (non-hydrogen) atoms. The highest BCUT2D eigenvalue weighted by Gasteiger charge is 2.35. The molecule has 1 unspecified atom stereocenters. The van der Waals surface area contributed by atoms with Crippen LogP contribution in [0.25, 0.3) is 0 Å². The van der Waals surface area contributed by atoms with Gasteiger partial charge >= 0.3 is 5.97 Å². The number of hydrogen-bond acceptors (Lipinski definition) is 5. The number of sulfone groups is 1. The molecule has 0 amide bonds. The molecule has 1 aliphatic heterocycles. The van der Waals surface area contributed by atoms with Crippen LogP contribution in [0.3, 0.4) is 0 Å². The van der Waals surface area contributed by atoms with Crippen molar-refractivity contribution in [3.05, 3.63) is 28.8 Å². The first kappa shape index (κ1) is 14.1. The topological polar surface area (TPSA) is 101 Å². The van der Waals surface area contributed by atoms with Gasteiger partial charge in [-0.1, -0.05) is 17.7 Å². The van der Waals surface area contributed by atoms with Crippen molar-refractivity contribution in [1.29, 1.82) is 0 Å². The van der Waals surface area contributed by atoms with Gasteiger partial charge in [0.2, 0.25) is 0 Å². The summed E-state index contributed by atoms with van der Waals surface area (Å²) in [6.45, 7) is 0. The number of hydrogen-bond donors (Lipinski definition) is 2. The molecule has 2 rings (SSSR count). The van der Waals surface area contributed by atoms with Crippen LogP contribution in [0.2, 0.25) is 5.02 Å². The van der Waals surface area contributed by atoms with Crippen molar-refractivity contribution >= 4 is 27.4 Å². The van der Waals surface area contributed by atoms with Gasteiger partial charge < -0.3 is 14.9 Å². The van der Waals surface area contributed by atoms with E-state index in [-0.39, 0.29) is 27.8 Å². The van der Waals surface area contributed by atoms with E-state index in [4.69, 9.17) is 21.4 Å². The van der Waals surface area contributed by atoms with Crippen LogP contribution in [0, 0.1) is 0 Å². The van der Waals surface area contributed by atoms with E-state index in [1.54, 1.807) is 0 Å². The number of rotatable bonds is 4. The average Bonchev–Trinajstić information content (AvgIpc) is 2.28. The van der Waals surface area contributed by atoms with Crippen LogP contribution < -0.4 is 4.74 Å². The van der Waals surface area contributed by atoms with Gasteiger partial charge in [0.1, 0.15) is 11.9 Å². The quantitative estimate of drug-likeness (QED) is 0.846. The summed E-state index contributed by atoms with van der Waals surface area (Å²) in [5.74, 6) is -1.22. The molecule has 1 fully saturated rings. The normalized spacial score (nSPS) is 19.5. The molecule has 0 saturated carbocycles. The second-order valence-corrected chi connectivity index (χ2v) is 6.81. The zero-order chi connectivity index (χ0) is 14.2. The lowest BCUT2D eigenvalue weighted by Gasteiger charge is -2.27. The van der Waals surface area contributed by atoms with Gasteiger partial charge in [-0.3, -0.25) is 0 Å². The van der Waals surface area contributed by atoms with E-state index < -0.39 is 28.0 Å². The predicted molar refractivity (Wildman–Crippen MR) is 67.1 cm³/mol. The fraction of sp³-hybridized carbons (Fsp3) is 0.364. The van der Waals surface area contributed by atoms with Gasteiger partial charge in [0.15, 0.2) is 15.9 Å². The highest BCUT2D eigenvalue weighted by Crippen LogP contribution is 2.30. The number of ether oxygens (including phenoxy) is 1. The molecule has 8 heteroatoms. The molecule has 0 aliphatic carbocycles. The number of carboxylic acid groups (broad SMARTS) is 1. The molecule has 0 radical (unpaired) electrons. The summed E-state index contributed by atoms with van der Waals surface area (Å²) >= 11 is 5.90. The van der Waals surface area contributed by atoms with Crippen LogP contribution in [-0.2, 0) is 14.6 Å². The van der Waals surface area contributed by atoms with Crippen LogP contribution in [0.5, 0.6) is 5.75 Å². The molecule has 1 aliphatic rings. The molecular formula is C11H11ClO6S. The molecule has 1 heterocycles. The number of aliphatic hydroxyl groups is 1. The van der Waals surface area contributed by atoms with Crippen molar-refractivity contribution in [2.24, 2.45) is 0 Å². The molecule has 1 aromatic rings. The van der Waals surface area contributed by atoms with Crippen molar-refractivity contribution in [3.8, 4) is 5.75 Å². The summed E-state index contributed by atoms with van der Waals surface area (Å²) in [6, 6.07) is 4.06. The third-order valence-corrected chi connectivity index (χ3v) is 4.73. The van der Waals surface area contributed by atoms with Gasteiger partial charge in [-0.25, -0.2) is 13.2 Å². The SMILES string of the molecule is O=C(O)C(O)c1ccc(OC2CS(=O)(=O)C2)c(Cl)c1. The Hall–Kier alpha value is -1.31. The monoisotopic (exact) mass is 306 g/mol. The van der Waals surface area contributed by atoms with Gasteiger partial charge in [0.05, 0.1) is 16.5 Å². The molecule has 6 nitrogen and oxygen atoms in total.